The molecule has 0 saturated carbocycles. The van der Waals surface area contributed by atoms with Crippen LogP contribution >= 0.6 is 0 Å². The maximum absolute atomic E-state index is 13.8. The summed E-state index contributed by atoms with van der Waals surface area (Å²) in [6.07, 6.45) is -8.53. The molecule has 0 aromatic heterocycles. The molecule has 1 spiro atoms. The van der Waals surface area contributed by atoms with Gasteiger partial charge in [0.1, 0.15) is 12.2 Å². The van der Waals surface area contributed by atoms with Crippen LogP contribution in [0.4, 0.5) is 0 Å². The van der Waals surface area contributed by atoms with Gasteiger partial charge in [-0.15, -0.1) is 0 Å². The van der Waals surface area contributed by atoms with Gasteiger partial charge in [-0.3, -0.25) is 9.59 Å². The van der Waals surface area contributed by atoms with E-state index in [0.717, 1.165) is 0 Å². The van der Waals surface area contributed by atoms with Crippen LogP contribution in [-0.4, -0.2) is 150 Å². The van der Waals surface area contributed by atoms with E-state index in [2.05, 4.69) is 0 Å². The van der Waals surface area contributed by atoms with E-state index in [0.29, 0.717) is 6.42 Å². The quantitative estimate of drug-likeness (QED) is 0.224. The normalized spacial score (nSPS) is 49.1. The van der Waals surface area contributed by atoms with Crippen molar-refractivity contribution in [3.63, 3.8) is 0 Å². The first-order valence-electron chi connectivity index (χ1n) is 16.8. The van der Waals surface area contributed by atoms with Gasteiger partial charge in [-0.1, -0.05) is 20.8 Å². The van der Waals surface area contributed by atoms with Gasteiger partial charge in [0.05, 0.1) is 61.9 Å². The van der Waals surface area contributed by atoms with Crippen molar-refractivity contribution in [3.05, 3.63) is 0 Å². The number of carbonyl (C=O) groups excluding carboxylic acids is 2. The second-order valence-electron chi connectivity index (χ2n) is 14.8. The fraction of sp³-hybridized carbons (Fsp3) is 0.939. The number of methoxy groups -OCH3 is 1. The third kappa shape index (κ3) is 8.72. The highest BCUT2D eigenvalue weighted by molar-refractivity contribution is 5.92. The molecule has 47 heavy (non-hydrogen) atoms. The van der Waals surface area contributed by atoms with Crippen molar-refractivity contribution in [1.82, 2.24) is 4.90 Å². The van der Waals surface area contributed by atoms with Gasteiger partial charge in [0, 0.05) is 43.7 Å². The van der Waals surface area contributed by atoms with Crippen LogP contribution in [0.2, 0.25) is 0 Å². The molecule has 16 atom stereocenters. The average Bonchev–Trinajstić information content (AvgIpc) is 3.78. The maximum Gasteiger partial charge on any atom is 0.308 e. The van der Waals surface area contributed by atoms with Crippen molar-refractivity contribution < 1.29 is 63.2 Å². The molecule has 272 valence electrons. The minimum Gasteiger partial charge on any atom is -0.465 e. The van der Waals surface area contributed by atoms with Gasteiger partial charge in [0.15, 0.2) is 24.0 Å². The number of epoxide rings is 1. The zero-order chi connectivity index (χ0) is 35.0. The molecule has 4 aliphatic rings. The first-order chi connectivity index (χ1) is 21.9. The Morgan fingerprint density at radius 3 is 2.17 bits per heavy atom. The van der Waals surface area contributed by atoms with Gasteiger partial charge < -0.3 is 58.5 Å². The number of Topliss-reactive ketones (excluding diaryl/α,β-unsaturated/α-hetero) is 1. The highest BCUT2D eigenvalue weighted by Gasteiger charge is 2.60. The number of aliphatic hydroxyl groups excluding tert-OH is 3. The third-order valence-corrected chi connectivity index (χ3v) is 10.5. The first-order valence-corrected chi connectivity index (χ1v) is 16.8. The molecular weight excluding hydrogens is 618 g/mol. The summed E-state index contributed by atoms with van der Waals surface area (Å²) in [5.41, 5.74) is -3.15. The van der Waals surface area contributed by atoms with Gasteiger partial charge in [-0.25, -0.2) is 0 Å². The van der Waals surface area contributed by atoms with Gasteiger partial charge in [-0.2, -0.15) is 0 Å². The summed E-state index contributed by atoms with van der Waals surface area (Å²) in [6, 6.07) is -0.303. The van der Waals surface area contributed by atoms with Crippen molar-refractivity contribution in [3.8, 4) is 0 Å². The molecule has 4 fully saturated rings. The summed E-state index contributed by atoms with van der Waals surface area (Å²) in [7, 11) is 5.19. The topological polar surface area (TPSA) is 186 Å². The number of aliphatic hydroxyl groups is 4. The lowest BCUT2D eigenvalue weighted by Crippen LogP contribution is -2.60. The van der Waals surface area contributed by atoms with Crippen LogP contribution in [0.5, 0.6) is 0 Å². The van der Waals surface area contributed by atoms with Crippen molar-refractivity contribution >= 4 is 11.8 Å². The number of carbonyl (C=O) groups is 2. The predicted octanol–water partition coefficient (Wildman–Crippen LogP) is 0.389. The van der Waals surface area contributed by atoms with E-state index in [9.17, 15) is 30.0 Å². The maximum atomic E-state index is 13.8. The van der Waals surface area contributed by atoms with Crippen LogP contribution in [0.15, 0.2) is 0 Å². The lowest BCUT2D eigenvalue weighted by atomic mass is 9.75. The van der Waals surface area contributed by atoms with Crippen molar-refractivity contribution in [2.75, 3.05) is 34.4 Å². The summed E-state index contributed by atoms with van der Waals surface area (Å²) >= 11 is 0. The number of nitrogens with zero attached hydrogens (tertiary/aromatic N) is 1. The number of hydrogen-bond acceptors (Lipinski definition) is 14. The molecule has 4 saturated heterocycles. The van der Waals surface area contributed by atoms with Crippen molar-refractivity contribution in [2.45, 2.75) is 146 Å². The fourth-order valence-electron chi connectivity index (χ4n) is 7.42. The van der Waals surface area contributed by atoms with Gasteiger partial charge in [0.2, 0.25) is 0 Å². The number of hydrogen-bond donors (Lipinski definition) is 4. The molecule has 4 N–H and O–H groups in total. The average molecular weight is 676 g/mol. The summed E-state index contributed by atoms with van der Waals surface area (Å²) < 4.78 is 41.8. The number of rotatable bonds is 6. The van der Waals surface area contributed by atoms with Crippen molar-refractivity contribution in [1.29, 1.82) is 0 Å². The minimum absolute atomic E-state index is 0.0558. The van der Waals surface area contributed by atoms with E-state index in [1.54, 1.807) is 27.7 Å². The highest BCUT2D eigenvalue weighted by Crippen LogP contribution is 2.44. The van der Waals surface area contributed by atoms with E-state index in [-0.39, 0.29) is 50.4 Å². The lowest BCUT2D eigenvalue weighted by molar-refractivity contribution is -0.309. The summed E-state index contributed by atoms with van der Waals surface area (Å²) in [5, 5.41) is 45.2. The Labute approximate surface area is 277 Å². The molecule has 14 heteroatoms. The van der Waals surface area contributed by atoms with Crippen LogP contribution in [0, 0.1) is 17.8 Å². The molecule has 14 nitrogen and oxygen atoms in total. The van der Waals surface area contributed by atoms with E-state index in [1.165, 1.54) is 14.0 Å². The first kappa shape index (κ1) is 38.5. The molecule has 0 aromatic carbocycles. The SMILES string of the molecule is COC1CC(O[C@@H]2CC(=O)OC[C@H](C)[C@H](O)[C@@H](C)C(=O)[C@]3(CO3)C[C@@](C)(O)[C@H](OC3OC(C)CC(N(C)C)C3O)[C@H]2C)OC(C)C1O. The van der Waals surface area contributed by atoms with Crippen LogP contribution in [-0.2, 0) is 42.7 Å². The minimum atomic E-state index is -1.79. The number of ether oxygens (including phenoxy) is 7. The molecule has 0 radical (unpaired) electrons. The highest BCUT2D eigenvalue weighted by atomic mass is 16.7. The van der Waals surface area contributed by atoms with Gasteiger partial charge in [0.25, 0.3) is 0 Å². The zero-order valence-electron chi connectivity index (χ0n) is 29.2. The smallest absolute Gasteiger partial charge is 0.308 e. The van der Waals surface area contributed by atoms with Gasteiger partial charge in [-0.05, 0) is 41.3 Å². The number of cyclic esters (lactones) is 1. The second-order valence-corrected chi connectivity index (χ2v) is 14.8. The van der Waals surface area contributed by atoms with E-state index in [1.807, 2.05) is 25.9 Å². The predicted molar refractivity (Wildman–Crippen MR) is 166 cm³/mol. The summed E-state index contributed by atoms with van der Waals surface area (Å²) in [5.74, 6) is -3.20. The molecule has 0 aromatic rings. The molecule has 4 aliphatic heterocycles. The monoisotopic (exact) mass is 675 g/mol. The Morgan fingerprint density at radius 2 is 1.57 bits per heavy atom. The molecule has 0 amide bonds. The van der Waals surface area contributed by atoms with Crippen molar-refractivity contribution in [2.24, 2.45) is 17.8 Å². The summed E-state index contributed by atoms with van der Waals surface area (Å²) in [4.78, 5) is 29.0. The molecule has 0 bridgehead atoms. The molecule has 4 rings (SSSR count). The number of ketones is 1. The third-order valence-electron chi connectivity index (χ3n) is 10.5. The Bertz CT molecular complexity index is 1070. The largest absolute Gasteiger partial charge is 0.465 e. The van der Waals surface area contributed by atoms with E-state index in [4.69, 9.17) is 33.2 Å². The van der Waals surface area contributed by atoms with E-state index < -0.39 is 90.2 Å². The van der Waals surface area contributed by atoms with E-state index >= 15 is 0 Å². The second kappa shape index (κ2) is 15.3. The Kier molecular flexibility index (Phi) is 12.5. The Morgan fingerprint density at radius 1 is 0.915 bits per heavy atom. The molecular formula is C33H57NO13. The molecule has 4 heterocycles. The van der Waals surface area contributed by atoms with Crippen LogP contribution in [0.25, 0.3) is 0 Å². The standard InChI is InChI=1S/C33H57NO13/c1-16-13-42-24(35)11-22(46-25-12-23(41-9)27(37)20(5)45-25)18(3)30(47-31-28(38)21(34(7)8)10-17(2)44-31)32(6,40)14-33(15-43-33)29(39)19(4)26(16)36/h16-23,25-28,30-31,36-38,40H,10-15H2,1-9H3/t16-,17?,18-,19+,20?,21?,22+,23?,25?,26-,27?,28?,30+,31?,32+,33+/m0/s1. The van der Waals surface area contributed by atoms with Crippen LogP contribution in [0.1, 0.15) is 67.2 Å². The lowest BCUT2D eigenvalue weighted by Gasteiger charge is -2.47. The molecule has 8 unspecified atom stereocenters. The van der Waals surface area contributed by atoms with Crippen LogP contribution in [0.3, 0.4) is 0 Å². The Hall–Kier alpha value is -1.30. The zero-order valence-corrected chi connectivity index (χ0v) is 29.2. The number of esters is 1. The van der Waals surface area contributed by atoms with Crippen LogP contribution < -0.4 is 0 Å². The molecule has 0 aliphatic carbocycles. The number of likely N-dealkylation sites (N-methyl/N-ethyl adjacent to an activating group) is 1. The summed E-state index contributed by atoms with van der Waals surface area (Å²) in [6.45, 7) is 10.0. The van der Waals surface area contributed by atoms with Gasteiger partial charge >= 0.3 is 5.97 Å². The fourth-order valence-corrected chi connectivity index (χ4v) is 7.42. The Balaban J connectivity index is 1.73.